The van der Waals surface area contributed by atoms with Crippen LogP contribution in [0.4, 0.5) is 5.95 Å². The van der Waals surface area contributed by atoms with Crippen molar-refractivity contribution in [3.8, 4) is 5.75 Å². The zero-order chi connectivity index (χ0) is 16.1. The third kappa shape index (κ3) is 2.01. The van der Waals surface area contributed by atoms with Crippen LogP contribution in [0, 0.1) is 0 Å². The van der Waals surface area contributed by atoms with Gasteiger partial charge < -0.3 is 10.1 Å². The molecule has 1 aromatic carbocycles. The van der Waals surface area contributed by atoms with Crippen LogP contribution in [0.5, 0.6) is 5.75 Å². The highest BCUT2D eigenvalue weighted by Gasteiger charge is 2.45. The van der Waals surface area contributed by atoms with Crippen LogP contribution in [-0.2, 0) is 0 Å². The second-order valence-corrected chi connectivity index (χ2v) is 6.62. The Morgan fingerprint density at radius 1 is 1.29 bits per heavy atom. The molecule has 0 radical (unpaired) electrons. The molecule has 2 aromatic heterocycles. The SMILES string of the molecule is O=c1[nH]c(NC2CC3(CCC3)Oc3ccccc32)nc2[nH]ncc12. The zero-order valence-corrected chi connectivity index (χ0v) is 13.0. The number of hydrogen-bond donors (Lipinski definition) is 3. The van der Waals surface area contributed by atoms with Crippen LogP contribution < -0.4 is 15.6 Å². The Labute approximate surface area is 137 Å². The van der Waals surface area contributed by atoms with Crippen LogP contribution in [0.2, 0.25) is 0 Å². The molecule has 1 aliphatic heterocycles. The maximum Gasteiger partial charge on any atom is 0.263 e. The fourth-order valence-electron chi connectivity index (χ4n) is 3.70. The van der Waals surface area contributed by atoms with Crippen LogP contribution in [0.1, 0.15) is 37.3 Å². The molecule has 1 saturated carbocycles. The van der Waals surface area contributed by atoms with Crippen LogP contribution in [0.25, 0.3) is 11.0 Å². The number of hydrogen-bond acceptors (Lipinski definition) is 5. The summed E-state index contributed by atoms with van der Waals surface area (Å²) < 4.78 is 6.26. The molecule has 7 nitrogen and oxygen atoms in total. The van der Waals surface area contributed by atoms with Crippen molar-refractivity contribution in [1.29, 1.82) is 0 Å². The first-order valence-electron chi connectivity index (χ1n) is 8.20. The van der Waals surface area contributed by atoms with Crippen molar-refractivity contribution in [3.05, 3.63) is 46.4 Å². The summed E-state index contributed by atoms with van der Waals surface area (Å²) in [6.45, 7) is 0. The van der Waals surface area contributed by atoms with Gasteiger partial charge in [0.15, 0.2) is 5.65 Å². The minimum atomic E-state index is -0.199. The number of aromatic nitrogens is 4. The highest BCUT2D eigenvalue weighted by atomic mass is 16.5. The first-order valence-corrected chi connectivity index (χ1v) is 8.20. The summed E-state index contributed by atoms with van der Waals surface area (Å²) in [6, 6.07) is 8.12. The molecule has 3 N–H and O–H groups in total. The molecule has 1 atom stereocenters. The summed E-state index contributed by atoms with van der Waals surface area (Å²) in [7, 11) is 0. The van der Waals surface area contributed by atoms with Crippen molar-refractivity contribution < 1.29 is 4.74 Å². The van der Waals surface area contributed by atoms with Gasteiger partial charge in [0, 0.05) is 12.0 Å². The van der Waals surface area contributed by atoms with Crippen molar-refractivity contribution >= 4 is 17.0 Å². The predicted octanol–water partition coefficient (Wildman–Crippen LogP) is 2.50. The summed E-state index contributed by atoms with van der Waals surface area (Å²) in [4.78, 5) is 19.4. The molecule has 3 aromatic rings. The average Bonchev–Trinajstić information content (AvgIpc) is 3.02. The second kappa shape index (κ2) is 4.83. The van der Waals surface area contributed by atoms with Gasteiger partial charge in [-0.3, -0.25) is 14.9 Å². The van der Waals surface area contributed by atoms with E-state index in [0.29, 0.717) is 17.0 Å². The monoisotopic (exact) mass is 323 g/mol. The standard InChI is InChI=1S/C17H17N5O2/c23-15-11-9-18-22-14(11)20-16(21-15)19-12-8-17(6-3-7-17)24-13-5-2-1-4-10(12)13/h1-2,4-5,9,12H,3,6-8H2,(H3,18,19,20,21,22,23). The highest BCUT2D eigenvalue weighted by Crippen LogP contribution is 2.49. The summed E-state index contributed by atoms with van der Waals surface area (Å²) in [5.74, 6) is 1.37. The lowest BCUT2D eigenvalue weighted by molar-refractivity contribution is -0.0310. The van der Waals surface area contributed by atoms with E-state index < -0.39 is 0 Å². The van der Waals surface area contributed by atoms with Gasteiger partial charge in [-0.25, -0.2) is 0 Å². The third-order valence-corrected chi connectivity index (χ3v) is 5.09. The molecular formula is C17H17N5O2. The molecule has 0 bridgehead atoms. The van der Waals surface area contributed by atoms with E-state index in [0.717, 1.165) is 30.6 Å². The third-order valence-electron chi connectivity index (χ3n) is 5.09. The molecule has 122 valence electrons. The molecule has 3 heterocycles. The molecule has 1 unspecified atom stereocenters. The number of rotatable bonds is 2. The first-order chi connectivity index (χ1) is 11.7. The van der Waals surface area contributed by atoms with Gasteiger partial charge in [0.2, 0.25) is 5.95 Å². The predicted molar refractivity (Wildman–Crippen MR) is 89.1 cm³/mol. The van der Waals surface area contributed by atoms with Crippen LogP contribution in [0.3, 0.4) is 0 Å². The van der Waals surface area contributed by atoms with E-state index in [1.165, 1.54) is 12.6 Å². The molecular weight excluding hydrogens is 306 g/mol. The lowest BCUT2D eigenvalue weighted by atomic mass is 9.73. The van der Waals surface area contributed by atoms with Crippen molar-refractivity contribution in [1.82, 2.24) is 20.2 Å². The van der Waals surface area contributed by atoms with Gasteiger partial charge in [-0.15, -0.1) is 0 Å². The number of fused-ring (bicyclic) bond motifs is 2. The molecule has 7 heteroatoms. The minimum Gasteiger partial charge on any atom is -0.487 e. The smallest absolute Gasteiger partial charge is 0.263 e. The number of nitrogens with one attached hydrogen (secondary N) is 3. The summed E-state index contributed by atoms with van der Waals surface area (Å²) in [5.41, 5.74) is 1.31. The molecule has 0 saturated heterocycles. The number of anilines is 1. The number of ether oxygens (including phenoxy) is 1. The number of para-hydroxylation sites is 1. The molecule has 0 amide bonds. The van der Waals surface area contributed by atoms with Gasteiger partial charge in [-0.2, -0.15) is 10.1 Å². The van der Waals surface area contributed by atoms with Crippen molar-refractivity contribution in [2.24, 2.45) is 0 Å². The molecule has 1 fully saturated rings. The fourth-order valence-corrected chi connectivity index (χ4v) is 3.70. The van der Waals surface area contributed by atoms with Crippen LogP contribution in [-0.4, -0.2) is 25.8 Å². The van der Waals surface area contributed by atoms with E-state index in [-0.39, 0.29) is 17.2 Å². The van der Waals surface area contributed by atoms with Gasteiger partial charge in [0.1, 0.15) is 16.7 Å². The Hall–Kier alpha value is -2.83. The molecule has 5 rings (SSSR count). The number of aromatic amines is 2. The largest absolute Gasteiger partial charge is 0.487 e. The average molecular weight is 323 g/mol. The zero-order valence-electron chi connectivity index (χ0n) is 13.0. The van der Waals surface area contributed by atoms with Gasteiger partial charge in [-0.05, 0) is 25.3 Å². The Kier molecular flexibility index (Phi) is 2.74. The number of H-pyrrole nitrogens is 2. The maximum atomic E-state index is 12.1. The number of nitrogens with zero attached hydrogens (tertiary/aromatic N) is 2. The van der Waals surface area contributed by atoms with Gasteiger partial charge in [-0.1, -0.05) is 18.2 Å². The van der Waals surface area contributed by atoms with Crippen molar-refractivity contribution in [2.75, 3.05) is 5.32 Å². The summed E-state index contributed by atoms with van der Waals surface area (Å²) in [5, 5.41) is 10.5. The van der Waals surface area contributed by atoms with E-state index in [1.54, 1.807) is 0 Å². The van der Waals surface area contributed by atoms with Crippen molar-refractivity contribution in [2.45, 2.75) is 37.3 Å². The lowest BCUT2D eigenvalue weighted by Crippen LogP contribution is -2.48. The molecule has 1 aliphatic carbocycles. The minimum absolute atomic E-state index is 0.0544. The van der Waals surface area contributed by atoms with Gasteiger partial charge >= 0.3 is 0 Å². The summed E-state index contributed by atoms with van der Waals surface area (Å²) >= 11 is 0. The maximum absolute atomic E-state index is 12.1. The van der Waals surface area contributed by atoms with E-state index >= 15 is 0 Å². The van der Waals surface area contributed by atoms with E-state index in [4.69, 9.17) is 4.74 Å². The second-order valence-electron chi connectivity index (χ2n) is 6.62. The van der Waals surface area contributed by atoms with Crippen LogP contribution in [0.15, 0.2) is 35.3 Å². The van der Waals surface area contributed by atoms with Crippen molar-refractivity contribution in [3.63, 3.8) is 0 Å². The first kappa shape index (κ1) is 13.6. The Balaban J connectivity index is 1.54. The van der Waals surface area contributed by atoms with Gasteiger partial charge in [0.25, 0.3) is 5.56 Å². The Morgan fingerprint density at radius 2 is 2.17 bits per heavy atom. The molecule has 2 aliphatic rings. The normalized spacial score (nSPS) is 21.1. The van der Waals surface area contributed by atoms with E-state index in [1.807, 2.05) is 18.2 Å². The molecule has 24 heavy (non-hydrogen) atoms. The fraction of sp³-hybridized carbons (Fsp3) is 0.353. The van der Waals surface area contributed by atoms with E-state index in [2.05, 4.69) is 31.5 Å². The quantitative estimate of drug-likeness (QED) is 0.673. The van der Waals surface area contributed by atoms with Crippen LogP contribution >= 0.6 is 0 Å². The molecule has 1 spiro atoms. The number of benzene rings is 1. The Bertz CT molecular complexity index is 972. The Morgan fingerprint density at radius 3 is 3.00 bits per heavy atom. The topological polar surface area (TPSA) is 95.7 Å². The summed E-state index contributed by atoms with van der Waals surface area (Å²) in [6.07, 6.45) is 5.70. The van der Waals surface area contributed by atoms with Gasteiger partial charge in [0.05, 0.1) is 12.2 Å². The van der Waals surface area contributed by atoms with E-state index in [9.17, 15) is 4.79 Å². The highest BCUT2D eigenvalue weighted by molar-refractivity contribution is 5.73. The lowest BCUT2D eigenvalue weighted by Gasteiger charge is -2.48.